The minimum atomic E-state index is 0.180. The second-order valence-corrected chi connectivity index (χ2v) is 13.4. The highest BCUT2D eigenvalue weighted by atomic mass is 15.2. The van der Waals surface area contributed by atoms with Crippen LogP contribution in [0.5, 0.6) is 0 Å². The Balaban J connectivity index is 1.29. The molecular formula is C39H34BN3. The van der Waals surface area contributed by atoms with Gasteiger partial charge in [0, 0.05) is 51.9 Å². The van der Waals surface area contributed by atoms with E-state index in [1.807, 2.05) is 0 Å². The number of hydrogen-bond donors (Lipinski definition) is 0. The van der Waals surface area contributed by atoms with E-state index in [0.717, 1.165) is 11.8 Å². The van der Waals surface area contributed by atoms with Crippen molar-refractivity contribution in [2.45, 2.75) is 44.2 Å². The van der Waals surface area contributed by atoms with Crippen molar-refractivity contribution in [1.29, 1.82) is 0 Å². The average Bonchev–Trinajstić information content (AvgIpc) is 3.05. The number of anilines is 7. The van der Waals surface area contributed by atoms with Gasteiger partial charge in [0.05, 0.1) is 0 Å². The van der Waals surface area contributed by atoms with Gasteiger partial charge in [-0.05, 0) is 109 Å². The minimum absolute atomic E-state index is 0.180. The van der Waals surface area contributed by atoms with Gasteiger partial charge >= 0.3 is 0 Å². The summed E-state index contributed by atoms with van der Waals surface area (Å²) < 4.78 is 0. The molecule has 0 radical (unpaired) electrons. The van der Waals surface area contributed by atoms with Crippen LogP contribution in [0.3, 0.4) is 0 Å². The largest absolute Gasteiger partial charge is 0.365 e. The lowest BCUT2D eigenvalue weighted by atomic mass is 9.33. The molecule has 0 atom stereocenters. The lowest BCUT2D eigenvalue weighted by molar-refractivity contribution is 0.0900. The van der Waals surface area contributed by atoms with Crippen LogP contribution in [0.25, 0.3) is 0 Å². The van der Waals surface area contributed by atoms with Crippen LogP contribution in [-0.2, 0) is 0 Å². The van der Waals surface area contributed by atoms with E-state index in [-0.39, 0.29) is 6.71 Å². The monoisotopic (exact) mass is 555 g/mol. The van der Waals surface area contributed by atoms with E-state index >= 15 is 0 Å². The van der Waals surface area contributed by atoms with E-state index in [0.29, 0.717) is 12.1 Å². The molecule has 0 amide bonds. The van der Waals surface area contributed by atoms with E-state index < -0.39 is 0 Å². The van der Waals surface area contributed by atoms with E-state index in [1.165, 1.54) is 88.3 Å². The van der Waals surface area contributed by atoms with Gasteiger partial charge in [-0.25, -0.2) is 0 Å². The lowest BCUT2D eigenvalue weighted by Gasteiger charge is -2.58. The molecular weight excluding hydrogens is 521 g/mol. The molecule has 0 N–H and O–H groups in total. The van der Waals surface area contributed by atoms with Gasteiger partial charge in [-0.2, -0.15) is 0 Å². The molecule has 2 saturated heterocycles. The Kier molecular flexibility index (Phi) is 5.05. The van der Waals surface area contributed by atoms with E-state index in [1.54, 1.807) is 0 Å². The molecule has 4 aliphatic heterocycles. The summed E-state index contributed by atoms with van der Waals surface area (Å²) in [6, 6.07) is 46.7. The highest BCUT2D eigenvalue weighted by molar-refractivity contribution is 7.00. The average molecular weight is 556 g/mol. The van der Waals surface area contributed by atoms with Crippen molar-refractivity contribution < 1.29 is 0 Å². The summed E-state index contributed by atoms with van der Waals surface area (Å²) in [6.45, 7) is 0.180. The zero-order valence-corrected chi connectivity index (χ0v) is 24.3. The molecule has 208 valence electrons. The second-order valence-electron chi connectivity index (χ2n) is 13.4. The fraction of sp³-hybridized carbons (Fsp3) is 0.231. The van der Waals surface area contributed by atoms with Gasteiger partial charge in [-0.15, -0.1) is 0 Å². The first-order chi connectivity index (χ1) is 21.3. The Morgan fingerprint density at radius 2 is 0.884 bits per heavy atom. The Bertz CT molecular complexity index is 1730. The van der Waals surface area contributed by atoms with Crippen molar-refractivity contribution in [3.8, 4) is 0 Å². The van der Waals surface area contributed by atoms with Crippen molar-refractivity contribution in [2.24, 2.45) is 11.8 Å². The number of nitrogens with zero attached hydrogens (tertiary/aromatic N) is 3. The van der Waals surface area contributed by atoms with Gasteiger partial charge in [-0.3, -0.25) is 0 Å². The smallest absolute Gasteiger partial charge is 0.252 e. The maximum atomic E-state index is 2.87. The maximum Gasteiger partial charge on any atom is 0.252 e. The van der Waals surface area contributed by atoms with Crippen LogP contribution in [0.1, 0.15) is 32.1 Å². The molecule has 11 rings (SSSR count). The molecule has 0 unspecified atom stereocenters. The highest BCUT2D eigenvalue weighted by Crippen LogP contribution is 2.53. The van der Waals surface area contributed by atoms with Crippen molar-refractivity contribution in [3.63, 3.8) is 0 Å². The number of fused-ring (bicyclic) bond motifs is 4. The number of benzene rings is 5. The Morgan fingerprint density at radius 1 is 0.442 bits per heavy atom. The minimum Gasteiger partial charge on any atom is -0.365 e. The van der Waals surface area contributed by atoms with Crippen LogP contribution in [-0.4, -0.2) is 18.8 Å². The molecule has 5 aromatic rings. The summed E-state index contributed by atoms with van der Waals surface area (Å²) in [5, 5.41) is 0. The van der Waals surface area contributed by atoms with Crippen LogP contribution in [0.2, 0.25) is 0 Å². The molecule has 5 aromatic carbocycles. The van der Waals surface area contributed by atoms with Gasteiger partial charge in [0.2, 0.25) is 0 Å². The third kappa shape index (κ3) is 3.44. The van der Waals surface area contributed by atoms with Crippen molar-refractivity contribution in [2.75, 3.05) is 14.7 Å². The summed E-state index contributed by atoms with van der Waals surface area (Å²) in [5.41, 5.74) is 13.2. The summed E-state index contributed by atoms with van der Waals surface area (Å²) in [6.07, 6.45) is 6.91. The van der Waals surface area contributed by atoms with Crippen molar-refractivity contribution >= 4 is 62.9 Å². The maximum absolute atomic E-state index is 2.87. The predicted molar refractivity (Wildman–Crippen MR) is 181 cm³/mol. The molecule has 4 fully saturated rings. The second kappa shape index (κ2) is 9.03. The molecule has 43 heavy (non-hydrogen) atoms. The lowest BCUT2D eigenvalue weighted by Crippen LogP contribution is -2.62. The van der Waals surface area contributed by atoms with Crippen LogP contribution < -0.4 is 31.1 Å². The van der Waals surface area contributed by atoms with E-state index in [2.05, 4.69) is 136 Å². The summed E-state index contributed by atoms with van der Waals surface area (Å²) in [5.74, 6) is 1.86. The van der Waals surface area contributed by atoms with Crippen LogP contribution in [0.15, 0.2) is 121 Å². The number of para-hydroxylation sites is 4. The number of hydrogen-bond acceptors (Lipinski definition) is 3. The van der Waals surface area contributed by atoms with Crippen LogP contribution in [0.4, 0.5) is 39.8 Å². The molecule has 4 heterocycles. The van der Waals surface area contributed by atoms with Gasteiger partial charge in [0.15, 0.2) is 0 Å². The molecule has 0 spiro atoms. The first kappa shape index (κ1) is 24.1. The van der Waals surface area contributed by atoms with Gasteiger partial charge < -0.3 is 14.7 Å². The summed E-state index contributed by atoms with van der Waals surface area (Å²) >= 11 is 0. The fourth-order valence-electron chi connectivity index (χ4n) is 9.70. The number of piperidine rings is 2. The fourth-order valence-corrected chi connectivity index (χ4v) is 9.70. The normalized spacial score (nSPS) is 24.1. The first-order valence-electron chi connectivity index (χ1n) is 16.2. The summed E-state index contributed by atoms with van der Waals surface area (Å²) in [4.78, 5) is 7.95. The van der Waals surface area contributed by atoms with Gasteiger partial charge in [-0.1, -0.05) is 72.8 Å². The van der Waals surface area contributed by atoms with Crippen LogP contribution in [0, 0.1) is 11.8 Å². The molecule has 3 nitrogen and oxygen atoms in total. The van der Waals surface area contributed by atoms with Crippen molar-refractivity contribution in [3.05, 3.63) is 121 Å². The molecule has 6 aliphatic rings. The molecule has 4 heteroatoms. The van der Waals surface area contributed by atoms with Gasteiger partial charge in [0.25, 0.3) is 6.71 Å². The van der Waals surface area contributed by atoms with E-state index in [9.17, 15) is 0 Å². The highest BCUT2D eigenvalue weighted by Gasteiger charge is 2.48. The third-order valence-electron chi connectivity index (χ3n) is 11.1. The topological polar surface area (TPSA) is 9.72 Å². The van der Waals surface area contributed by atoms with Crippen molar-refractivity contribution in [1.82, 2.24) is 0 Å². The Morgan fingerprint density at radius 3 is 1.37 bits per heavy atom. The Labute approximate surface area is 254 Å². The van der Waals surface area contributed by atoms with Crippen LogP contribution >= 0.6 is 0 Å². The molecule has 2 saturated carbocycles. The quantitative estimate of drug-likeness (QED) is 0.209. The summed E-state index contributed by atoms with van der Waals surface area (Å²) in [7, 11) is 0. The molecule has 4 bridgehead atoms. The zero-order valence-electron chi connectivity index (χ0n) is 24.3. The first-order valence-corrected chi connectivity index (χ1v) is 16.2. The number of rotatable bonds is 3. The Hall–Kier alpha value is -4.44. The molecule has 0 aromatic heterocycles. The molecule has 2 aliphatic carbocycles. The van der Waals surface area contributed by atoms with Gasteiger partial charge in [0.1, 0.15) is 0 Å². The predicted octanol–water partition coefficient (Wildman–Crippen LogP) is 7.54. The third-order valence-corrected chi connectivity index (χ3v) is 11.1. The van der Waals surface area contributed by atoms with E-state index in [4.69, 9.17) is 0 Å². The SMILES string of the molecule is c1ccc(N2c3ccccc3B3c4ccccc4N(c4ccccc4)c4cc(N5C6CC7CC(C6)CC5C7)cc2c43)cc1. The zero-order chi connectivity index (χ0) is 28.1. The standard InChI is InChI=1S/C39H34BN3/c1-3-11-28(12-4-1)42-35-17-9-7-15-33(35)40-34-16-8-10-18-36(34)43(29-13-5-2-6-14-29)38-25-32(24-37(42)39(38)40)41-30-20-26-19-27(22-30)23-31(41)21-26/h1-18,24-27,30-31H,19-23H2.